The predicted molar refractivity (Wildman–Crippen MR) is 98.3 cm³/mol. The van der Waals surface area contributed by atoms with E-state index >= 15 is 0 Å². The van der Waals surface area contributed by atoms with Gasteiger partial charge in [0.05, 0.1) is 5.01 Å². The average molecular weight is 331 g/mol. The lowest BCUT2D eigenvalue weighted by molar-refractivity contribution is 0.312. The second-order valence-electron chi connectivity index (χ2n) is 6.30. The molecule has 23 heavy (non-hydrogen) atoms. The molecule has 0 saturated carbocycles. The van der Waals surface area contributed by atoms with E-state index in [1.165, 1.54) is 16.1 Å². The second kappa shape index (κ2) is 7.43. The van der Waals surface area contributed by atoms with E-state index in [1.807, 2.05) is 6.20 Å². The van der Waals surface area contributed by atoms with Crippen molar-refractivity contribution in [3.8, 4) is 0 Å². The lowest BCUT2D eigenvalue weighted by Gasteiger charge is -2.35. The van der Waals surface area contributed by atoms with E-state index in [9.17, 15) is 0 Å². The van der Waals surface area contributed by atoms with Crippen LogP contribution in [0.4, 0.5) is 5.69 Å². The molecule has 5 heteroatoms. The zero-order chi connectivity index (χ0) is 16.2. The van der Waals surface area contributed by atoms with Gasteiger partial charge in [-0.25, -0.2) is 4.98 Å². The number of likely N-dealkylation sites (N-methyl/N-ethyl adjacent to an activating group) is 1. The fourth-order valence-electron chi connectivity index (χ4n) is 2.96. The fourth-order valence-corrected chi connectivity index (χ4v) is 3.77. The first-order chi connectivity index (χ1) is 11.1. The third-order valence-corrected chi connectivity index (χ3v) is 5.60. The fraction of sp³-hybridized carbons (Fsp3) is 0.500. The van der Waals surface area contributed by atoms with Gasteiger partial charge in [0.15, 0.2) is 0 Å². The molecule has 124 valence electrons. The zero-order valence-corrected chi connectivity index (χ0v) is 15.1. The highest BCUT2D eigenvalue weighted by molar-refractivity contribution is 7.11. The van der Waals surface area contributed by atoms with Crippen molar-refractivity contribution < 1.29 is 0 Å². The highest BCUT2D eigenvalue weighted by atomic mass is 32.1. The molecular weight excluding hydrogens is 304 g/mol. The van der Waals surface area contributed by atoms with E-state index in [0.717, 1.165) is 37.7 Å². The van der Waals surface area contributed by atoms with Gasteiger partial charge in [-0.1, -0.05) is 18.2 Å². The number of thiazole rings is 1. The maximum atomic E-state index is 4.36. The van der Waals surface area contributed by atoms with Crippen LogP contribution in [0.2, 0.25) is 0 Å². The molecule has 1 aromatic heterocycles. The maximum Gasteiger partial charge on any atom is 0.0897 e. The van der Waals surface area contributed by atoms with Crippen molar-refractivity contribution in [2.24, 2.45) is 0 Å². The van der Waals surface area contributed by atoms with E-state index in [2.05, 4.69) is 65.3 Å². The van der Waals surface area contributed by atoms with Crippen molar-refractivity contribution >= 4 is 17.0 Å². The van der Waals surface area contributed by atoms with Gasteiger partial charge < -0.3 is 15.1 Å². The van der Waals surface area contributed by atoms with E-state index in [-0.39, 0.29) is 0 Å². The van der Waals surface area contributed by atoms with Gasteiger partial charge in [0.2, 0.25) is 0 Å². The van der Waals surface area contributed by atoms with Crippen LogP contribution in [-0.2, 0) is 6.54 Å². The Kier molecular flexibility index (Phi) is 5.30. The van der Waals surface area contributed by atoms with Crippen LogP contribution in [0.5, 0.6) is 0 Å². The van der Waals surface area contributed by atoms with Crippen LogP contribution in [0, 0.1) is 6.92 Å². The Labute approximate surface area is 143 Å². The monoisotopic (exact) mass is 330 g/mol. The van der Waals surface area contributed by atoms with Crippen LogP contribution in [-0.4, -0.2) is 43.1 Å². The van der Waals surface area contributed by atoms with Gasteiger partial charge >= 0.3 is 0 Å². The van der Waals surface area contributed by atoms with Crippen molar-refractivity contribution in [1.82, 2.24) is 15.2 Å². The SMILES string of the molecule is Cc1ncc(C(C)NCc2ccccc2N2CCN(C)CC2)s1. The van der Waals surface area contributed by atoms with E-state index in [1.54, 1.807) is 11.3 Å². The lowest BCUT2D eigenvalue weighted by atomic mass is 10.1. The summed E-state index contributed by atoms with van der Waals surface area (Å²) >= 11 is 1.77. The topological polar surface area (TPSA) is 31.4 Å². The molecule has 1 aromatic carbocycles. The number of para-hydroxylation sites is 1. The molecule has 2 aromatic rings. The van der Waals surface area contributed by atoms with Crippen molar-refractivity contribution in [2.75, 3.05) is 38.1 Å². The Balaban J connectivity index is 1.66. The zero-order valence-electron chi connectivity index (χ0n) is 14.2. The number of nitrogens with one attached hydrogen (secondary N) is 1. The lowest BCUT2D eigenvalue weighted by Crippen LogP contribution is -2.44. The summed E-state index contributed by atoms with van der Waals surface area (Å²) in [7, 11) is 2.20. The van der Waals surface area contributed by atoms with Gasteiger partial charge in [-0.05, 0) is 32.5 Å². The summed E-state index contributed by atoms with van der Waals surface area (Å²) in [4.78, 5) is 10.6. The summed E-state index contributed by atoms with van der Waals surface area (Å²) in [5.74, 6) is 0. The van der Waals surface area contributed by atoms with Gasteiger partial charge in [0.25, 0.3) is 0 Å². The number of aromatic nitrogens is 1. The van der Waals surface area contributed by atoms with Crippen LogP contribution in [0.15, 0.2) is 30.5 Å². The van der Waals surface area contributed by atoms with Crippen LogP contribution in [0.3, 0.4) is 0 Å². The molecular formula is C18H26N4S. The van der Waals surface area contributed by atoms with Gasteiger partial charge in [-0.15, -0.1) is 11.3 Å². The van der Waals surface area contributed by atoms with Crippen LogP contribution < -0.4 is 10.2 Å². The van der Waals surface area contributed by atoms with Crippen LogP contribution in [0.1, 0.15) is 28.4 Å². The minimum atomic E-state index is 0.335. The van der Waals surface area contributed by atoms with E-state index < -0.39 is 0 Å². The third-order valence-electron chi connectivity index (χ3n) is 4.50. The summed E-state index contributed by atoms with van der Waals surface area (Å²) in [6.45, 7) is 9.65. The normalized spacial score (nSPS) is 17.4. The minimum absolute atomic E-state index is 0.335. The molecule has 0 spiro atoms. The number of aryl methyl sites for hydroxylation is 1. The number of rotatable bonds is 5. The average Bonchev–Trinajstić information content (AvgIpc) is 3.00. The molecule has 0 aliphatic carbocycles. The summed E-state index contributed by atoms with van der Waals surface area (Å²) < 4.78 is 0. The second-order valence-corrected chi connectivity index (χ2v) is 7.57. The number of benzene rings is 1. The molecule has 0 bridgehead atoms. The van der Waals surface area contributed by atoms with Crippen molar-refractivity contribution in [3.63, 3.8) is 0 Å². The van der Waals surface area contributed by atoms with Crippen LogP contribution in [0.25, 0.3) is 0 Å². The Bertz CT molecular complexity index is 631. The molecule has 1 saturated heterocycles. The highest BCUT2D eigenvalue weighted by Crippen LogP contribution is 2.24. The standard InChI is InChI=1S/C18H26N4S/c1-14(18-13-20-15(2)23-18)19-12-16-6-4-5-7-17(16)22-10-8-21(3)9-11-22/h4-7,13-14,19H,8-12H2,1-3H3. The van der Waals surface area contributed by atoms with Crippen molar-refractivity contribution in [2.45, 2.75) is 26.4 Å². The van der Waals surface area contributed by atoms with Gasteiger partial charge in [0, 0.05) is 55.5 Å². The predicted octanol–water partition coefficient (Wildman–Crippen LogP) is 3.05. The molecule has 1 atom stereocenters. The van der Waals surface area contributed by atoms with Crippen molar-refractivity contribution in [1.29, 1.82) is 0 Å². The number of nitrogens with zero attached hydrogens (tertiary/aromatic N) is 3. The first-order valence-corrected chi connectivity index (χ1v) is 9.12. The highest BCUT2D eigenvalue weighted by Gasteiger charge is 2.17. The molecule has 0 radical (unpaired) electrons. The molecule has 1 aliphatic rings. The van der Waals surface area contributed by atoms with Gasteiger partial charge in [-0.2, -0.15) is 0 Å². The Morgan fingerprint density at radius 1 is 1.22 bits per heavy atom. The first-order valence-electron chi connectivity index (χ1n) is 8.30. The van der Waals surface area contributed by atoms with E-state index in [0.29, 0.717) is 6.04 Å². The smallest absolute Gasteiger partial charge is 0.0897 e. The van der Waals surface area contributed by atoms with Gasteiger partial charge in [-0.3, -0.25) is 0 Å². The van der Waals surface area contributed by atoms with Crippen LogP contribution >= 0.6 is 11.3 Å². The molecule has 3 rings (SSSR count). The van der Waals surface area contributed by atoms with Crippen molar-refractivity contribution in [3.05, 3.63) is 45.9 Å². The molecule has 4 nitrogen and oxygen atoms in total. The number of anilines is 1. The Morgan fingerprint density at radius 3 is 2.65 bits per heavy atom. The quantitative estimate of drug-likeness (QED) is 0.913. The number of hydrogen-bond acceptors (Lipinski definition) is 5. The van der Waals surface area contributed by atoms with E-state index in [4.69, 9.17) is 0 Å². The molecule has 1 aliphatic heterocycles. The summed E-state index contributed by atoms with van der Waals surface area (Å²) in [6.07, 6.45) is 1.99. The minimum Gasteiger partial charge on any atom is -0.369 e. The molecule has 2 heterocycles. The van der Waals surface area contributed by atoms with Gasteiger partial charge in [0.1, 0.15) is 0 Å². The molecule has 0 amide bonds. The summed E-state index contributed by atoms with van der Waals surface area (Å²) in [6, 6.07) is 9.11. The first kappa shape index (κ1) is 16.4. The molecule has 1 N–H and O–H groups in total. The third kappa shape index (κ3) is 4.10. The number of piperazine rings is 1. The largest absolute Gasteiger partial charge is 0.369 e. The number of hydrogen-bond donors (Lipinski definition) is 1. The summed E-state index contributed by atoms with van der Waals surface area (Å²) in [5.41, 5.74) is 2.76. The summed E-state index contributed by atoms with van der Waals surface area (Å²) in [5, 5.41) is 4.78. The maximum absolute atomic E-state index is 4.36. The molecule has 1 fully saturated rings. The Morgan fingerprint density at radius 2 is 1.96 bits per heavy atom. The molecule has 1 unspecified atom stereocenters. The Hall–Kier alpha value is -1.43.